The van der Waals surface area contributed by atoms with Gasteiger partial charge in [-0.1, -0.05) is 47.5 Å². The van der Waals surface area contributed by atoms with Gasteiger partial charge in [-0.05, 0) is 69.8 Å². The highest BCUT2D eigenvalue weighted by Crippen LogP contribution is 2.33. The molecule has 0 saturated heterocycles. The summed E-state index contributed by atoms with van der Waals surface area (Å²) in [5.41, 5.74) is 1.67. The highest BCUT2D eigenvalue weighted by molar-refractivity contribution is 14.1. The van der Waals surface area contributed by atoms with E-state index < -0.39 is 11.8 Å². The van der Waals surface area contributed by atoms with E-state index in [0.29, 0.717) is 36.0 Å². The Morgan fingerprint density at radius 3 is 2.63 bits per heavy atom. The molecule has 0 aliphatic rings. The number of furan rings is 1. The van der Waals surface area contributed by atoms with Crippen LogP contribution in [0, 0.1) is 7.14 Å². The molecule has 1 aromatic heterocycles. The lowest BCUT2D eigenvalue weighted by Gasteiger charge is -2.11. The van der Waals surface area contributed by atoms with Crippen molar-refractivity contribution in [3.63, 3.8) is 0 Å². The Labute approximate surface area is 200 Å². The number of aryl methyl sites for hydroxylation is 1. The number of hydrogen-bond donors (Lipinski definition) is 0. The second-order valence-corrected chi connectivity index (χ2v) is 8.62. The maximum Gasteiger partial charge on any atom is 0.197 e. The van der Waals surface area contributed by atoms with Gasteiger partial charge in [0.2, 0.25) is 0 Å². The average molecular weight is 657 g/mol. The van der Waals surface area contributed by atoms with E-state index in [9.17, 15) is 4.79 Å². The summed E-state index contributed by atoms with van der Waals surface area (Å²) >= 11 is 6.63. The molecule has 0 fully saturated rings. The molecule has 3 nitrogen and oxygen atoms in total. The van der Waals surface area contributed by atoms with Crippen LogP contribution in [0.4, 0.5) is 0 Å². The fourth-order valence-electron chi connectivity index (χ4n) is 2.86. The molecule has 27 heavy (non-hydrogen) atoms. The standard InChI is InChI=1S/C21H19BrI2O3/c1-2-3-7-18-19(14-6-4-5-8-17(14)27-18)20(25)13-11-15(23)21(16(24)12-13)26-10-9-22/h4-6,8,11-12H,2-3,7,9-10H2,1H3/i9D2,10D2. The van der Waals surface area contributed by atoms with Crippen LogP contribution < -0.4 is 4.74 Å². The van der Waals surface area contributed by atoms with Gasteiger partial charge < -0.3 is 9.15 Å². The van der Waals surface area contributed by atoms with Crippen LogP contribution in [0.1, 0.15) is 46.9 Å². The summed E-state index contributed by atoms with van der Waals surface area (Å²) in [5.74, 6) is 0.689. The SMILES string of the molecule is [2H]C([2H])(Br)C([2H])([2H])Oc1c(I)cc(C(=O)c2c(CCCC)oc3ccccc23)cc1I. The van der Waals surface area contributed by atoms with Crippen molar-refractivity contribution in [2.45, 2.75) is 26.2 Å². The number of alkyl halides is 1. The first-order valence-electron chi connectivity index (χ1n) is 10.4. The number of para-hydroxylation sites is 1. The van der Waals surface area contributed by atoms with E-state index >= 15 is 0 Å². The van der Waals surface area contributed by atoms with Crippen LogP contribution in [0.2, 0.25) is 0 Å². The molecule has 2 aromatic carbocycles. The van der Waals surface area contributed by atoms with Gasteiger partial charge in [0.05, 0.1) is 22.0 Å². The first-order chi connectivity index (χ1) is 14.5. The zero-order valence-corrected chi connectivity index (χ0v) is 20.3. The van der Waals surface area contributed by atoms with Crippen molar-refractivity contribution in [2.24, 2.45) is 0 Å². The third-order valence-electron chi connectivity index (χ3n) is 4.10. The first-order valence-corrected chi connectivity index (χ1v) is 11.3. The number of ether oxygens (including phenoxy) is 1. The van der Waals surface area contributed by atoms with Gasteiger partial charge in [-0.2, -0.15) is 0 Å². The Balaban J connectivity index is 2.04. The van der Waals surface area contributed by atoms with Crippen molar-refractivity contribution in [2.75, 3.05) is 11.8 Å². The molecule has 0 atom stereocenters. The molecular weight excluding hydrogens is 634 g/mol. The molecule has 0 spiro atoms. The van der Waals surface area contributed by atoms with Crippen LogP contribution in [0.5, 0.6) is 5.75 Å². The van der Waals surface area contributed by atoms with E-state index in [1.54, 1.807) is 12.1 Å². The molecule has 142 valence electrons. The van der Waals surface area contributed by atoms with Gasteiger partial charge in [-0.3, -0.25) is 4.79 Å². The highest BCUT2D eigenvalue weighted by atomic mass is 127. The van der Waals surface area contributed by atoms with E-state index in [4.69, 9.17) is 14.6 Å². The summed E-state index contributed by atoms with van der Waals surface area (Å²) in [5, 5.41) is -1.61. The van der Waals surface area contributed by atoms with E-state index in [1.807, 2.05) is 69.4 Å². The molecule has 0 bridgehead atoms. The van der Waals surface area contributed by atoms with Gasteiger partial charge in [-0.25, -0.2) is 0 Å². The summed E-state index contributed by atoms with van der Waals surface area (Å²) < 4.78 is 43.3. The van der Waals surface area contributed by atoms with Gasteiger partial charge >= 0.3 is 0 Å². The number of unbranched alkanes of at least 4 members (excludes halogenated alkanes) is 1. The number of hydrogen-bond acceptors (Lipinski definition) is 3. The van der Waals surface area contributed by atoms with Crippen LogP contribution in [0.15, 0.2) is 40.8 Å². The summed E-state index contributed by atoms with van der Waals surface area (Å²) in [6.45, 7) is -0.520. The largest absolute Gasteiger partial charge is 0.490 e. The smallest absolute Gasteiger partial charge is 0.197 e. The van der Waals surface area contributed by atoms with Crippen LogP contribution in [-0.2, 0) is 6.42 Å². The second kappa shape index (κ2) is 9.73. The normalized spacial score (nSPS) is 14.4. The van der Waals surface area contributed by atoms with Crippen LogP contribution in [0.3, 0.4) is 0 Å². The van der Waals surface area contributed by atoms with Crippen molar-refractivity contribution in [3.05, 3.63) is 60.4 Å². The van der Waals surface area contributed by atoms with Crippen molar-refractivity contribution < 1.29 is 19.4 Å². The zero-order chi connectivity index (χ0) is 23.0. The molecule has 3 aromatic rings. The monoisotopic (exact) mass is 656 g/mol. The molecule has 0 N–H and O–H groups in total. The number of fused-ring (bicyclic) bond motifs is 1. The lowest BCUT2D eigenvalue weighted by molar-refractivity contribution is 0.103. The Kier molecular flexibility index (Phi) is 5.85. The van der Waals surface area contributed by atoms with Gasteiger partial charge in [0.25, 0.3) is 0 Å². The molecule has 1 heterocycles. The summed E-state index contributed by atoms with van der Waals surface area (Å²) in [6.07, 6.45) is 2.56. The minimum atomic E-state index is -2.60. The number of carbonyl (C=O) groups excluding carboxylic acids is 1. The summed E-state index contributed by atoms with van der Waals surface area (Å²) in [4.78, 5) is 13.5. The van der Waals surface area contributed by atoms with Crippen LogP contribution >= 0.6 is 61.1 Å². The predicted octanol–water partition coefficient (Wildman–Crippen LogP) is 6.99. The maximum atomic E-state index is 13.5. The topological polar surface area (TPSA) is 39.4 Å². The van der Waals surface area contributed by atoms with Gasteiger partial charge in [-0.15, -0.1) is 0 Å². The lowest BCUT2D eigenvalue weighted by Crippen LogP contribution is -2.07. The molecule has 0 saturated carbocycles. The number of halogens is 3. The second-order valence-electron chi connectivity index (χ2n) is 5.90. The average Bonchev–Trinajstić information content (AvgIpc) is 3.05. The molecule has 0 unspecified atom stereocenters. The Bertz CT molecular complexity index is 1100. The lowest BCUT2D eigenvalue weighted by atomic mass is 9.98. The Morgan fingerprint density at radius 2 is 1.96 bits per heavy atom. The number of carbonyl (C=O) groups is 1. The molecule has 6 heteroatoms. The zero-order valence-electron chi connectivity index (χ0n) is 18.4. The first kappa shape index (κ1) is 16.2. The number of ketones is 1. The highest BCUT2D eigenvalue weighted by Gasteiger charge is 2.23. The van der Waals surface area contributed by atoms with Crippen molar-refractivity contribution in [1.29, 1.82) is 0 Å². The van der Waals surface area contributed by atoms with Crippen molar-refractivity contribution >= 4 is 77.9 Å². The molecule has 0 aliphatic heterocycles. The summed E-state index contributed by atoms with van der Waals surface area (Å²) in [7, 11) is 0. The summed E-state index contributed by atoms with van der Waals surface area (Å²) in [6, 6.07) is 10.7. The Hall–Kier alpha value is -0.610. The van der Waals surface area contributed by atoms with E-state index in [-0.39, 0.29) is 11.5 Å². The minimum Gasteiger partial charge on any atom is -0.490 e. The van der Waals surface area contributed by atoms with Crippen LogP contribution in [0.25, 0.3) is 11.0 Å². The molecular formula is C21H19BrI2O3. The van der Waals surface area contributed by atoms with Gasteiger partial charge in [0, 0.05) is 25.4 Å². The maximum absolute atomic E-state index is 13.5. The Morgan fingerprint density at radius 1 is 1.26 bits per heavy atom. The minimum absolute atomic E-state index is 0.169. The van der Waals surface area contributed by atoms with E-state index in [1.165, 1.54) is 0 Å². The fourth-order valence-corrected chi connectivity index (χ4v) is 4.93. The van der Waals surface area contributed by atoms with Crippen molar-refractivity contribution in [3.8, 4) is 5.75 Å². The fraction of sp³-hybridized carbons (Fsp3) is 0.286. The molecule has 3 rings (SSSR count). The predicted molar refractivity (Wildman–Crippen MR) is 129 cm³/mol. The van der Waals surface area contributed by atoms with E-state index in [0.717, 1.165) is 18.2 Å². The number of benzene rings is 2. The molecule has 0 radical (unpaired) electrons. The molecule has 0 amide bonds. The van der Waals surface area contributed by atoms with Crippen LogP contribution in [-0.4, -0.2) is 17.6 Å². The van der Waals surface area contributed by atoms with E-state index in [2.05, 4.69) is 22.9 Å². The quantitative estimate of drug-likeness (QED) is 0.149. The third kappa shape index (κ3) is 4.70. The number of rotatable bonds is 8. The van der Waals surface area contributed by atoms with Crippen molar-refractivity contribution in [1.82, 2.24) is 0 Å². The third-order valence-corrected chi connectivity index (χ3v) is 5.87. The molecule has 0 aliphatic carbocycles. The van der Waals surface area contributed by atoms with Gasteiger partial charge in [0.1, 0.15) is 17.1 Å². The van der Waals surface area contributed by atoms with Gasteiger partial charge in [0.15, 0.2) is 5.78 Å².